The summed E-state index contributed by atoms with van der Waals surface area (Å²) in [6.07, 6.45) is 0. The van der Waals surface area contributed by atoms with E-state index in [4.69, 9.17) is 11.6 Å². The van der Waals surface area contributed by atoms with Crippen molar-refractivity contribution in [2.75, 3.05) is 0 Å². The van der Waals surface area contributed by atoms with Crippen LogP contribution in [0, 0.1) is 6.92 Å². The molecule has 3 rings (SSSR count). The second-order valence-corrected chi connectivity index (χ2v) is 5.03. The molecule has 21 heavy (non-hydrogen) atoms. The van der Waals surface area contributed by atoms with Crippen LogP contribution in [0.4, 0.5) is 11.4 Å². The van der Waals surface area contributed by atoms with Crippen molar-refractivity contribution in [1.29, 1.82) is 0 Å². The minimum Gasteiger partial charge on any atom is -0.506 e. The molecule has 0 unspecified atom stereocenters. The number of nitrogens with zero attached hydrogens (tertiary/aromatic N) is 2. The summed E-state index contributed by atoms with van der Waals surface area (Å²) < 4.78 is 0. The molecule has 0 atom stereocenters. The maximum absolute atomic E-state index is 11.2. The van der Waals surface area contributed by atoms with Gasteiger partial charge in [-0.25, -0.2) is 4.79 Å². The smallest absolute Gasteiger partial charge is 0.323 e. The van der Waals surface area contributed by atoms with E-state index in [1.807, 2.05) is 6.92 Å². The first-order valence-electron chi connectivity index (χ1n) is 6.16. The maximum atomic E-state index is 11.2. The van der Waals surface area contributed by atoms with Crippen LogP contribution in [0.15, 0.2) is 45.4 Å². The molecular weight excluding hydrogens is 292 g/mol. The van der Waals surface area contributed by atoms with Gasteiger partial charge in [-0.05, 0) is 36.8 Å². The lowest BCUT2D eigenvalue weighted by atomic mass is 10.2. The van der Waals surface area contributed by atoms with Gasteiger partial charge in [0, 0.05) is 0 Å². The third kappa shape index (κ3) is 2.66. The lowest BCUT2D eigenvalue weighted by molar-refractivity contribution is 0.476. The molecule has 1 aromatic heterocycles. The summed E-state index contributed by atoms with van der Waals surface area (Å²) >= 11 is 6.10. The Morgan fingerprint density at radius 1 is 1.05 bits per heavy atom. The van der Waals surface area contributed by atoms with Crippen molar-refractivity contribution in [1.82, 2.24) is 9.97 Å². The highest BCUT2D eigenvalue weighted by Gasteiger charge is 2.06. The number of aromatic amines is 2. The zero-order chi connectivity index (χ0) is 15.0. The molecule has 7 heteroatoms. The van der Waals surface area contributed by atoms with Crippen LogP contribution in [0.25, 0.3) is 11.0 Å². The van der Waals surface area contributed by atoms with Gasteiger partial charge in [-0.3, -0.25) is 0 Å². The van der Waals surface area contributed by atoms with Crippen LogP contribution in [0.5, 0.6) is 5.75 Å². The van der Waals surface area contributed by atoms with Crippen LogP contribution in [-0.2, 0) is 0 Å². The number of hydrogen-bond acceptors (Lipinski definition) is 4. The zero-order valence-corrected chi connectivity index (χ0v) is 11.8. The molecule has 0 saturated carbocycles. The molecule has 0 spiro atoms. The number of halogens is 1. The van der Waals surface area contributed by atoms with E-state index >= 15 is 0 Å². The fourth-order valence-electron chi connectivity index (χ4n) is 1.94. The Labute approximate surface area is 124 Å². The van der Waals surface area contributed by atoms with Crippen molar-refractivity contribution < 1.29 is 5.11 Å². The molecule has 2 aromatic carbocycles. The highest BCUT2D eigenvalue weighted by molar-refractivity contribution is 6.33. The highest BCUT2D eigenvalue weighted by atomic mass is 35.5. The van der Waals surface area contributed by atoms with Crippen molar-refractivity contribution in [2.45, 2.75) is 6.92 Å². The van der Waals surface area contributed by atoms with Crippen molar-refractivity contribution in [3.63, 3.8) is 0 Å². The number of H-pyrrole nitrogens is 2. The van der Waals surface area contributed by atoms with Crippen molar-refractivity contribution in [3.05, 3.63) is 51.4 Å². The average molecular weight is 303 g/mol. The van der Waals surface area contributed by atoms with Crippen LogP contribution < -0.4 is 5.69 Å². The molecule has 0 radical (unpaired) electrons. The van der Waals surface area contributed by atoms with E-state index in [1.165, 1.54) is 0 Å². The Morgan fingerprint density at radius 3 is 2.48 bits per heavy atom. The zero-order valence-electron chi connectivity index (χ0n) is 11.0. The molecule has 3 N–H and O–H groups in total. The number of imidazole rings is 1. The Bertz CT molecular complexity index is 911. The predicted molar refractivity (Wildman–Crippen MR) is 80.9 cm³/mol. The minimum atomic E-state index is -0.313. The number of nitrogens with one attached hydrogen (secondary N) is 2. The summed E-state index contributed by atoms with van der Waals surface area (Å²) in [5.41, 5.74) is 2.59. The predicted octanol–water partition coefficient (Wildman–Crippen LogP) is 3.94. The molecular formula is C14H11ClN4O2. The number of aryl methyl sites for hydroxylation is 1. The number of hydrogen-bond donors (Lipinski definition) is 3. The molecule has 106 valence electrons. The summed E-state index contributed by atoms with van der Waals surface area (Å²) in [6.45, 7) is 1.89. The summed E-state index contributed by atoms with van der Waals surface area (Å²) in [6, 6.07) is 8.25. The lowest BCUT2D eigenvalue weighted by Gasteiger charge is -2.00. The maximum Gasteiger partial charge on any atom is 0.323 e. The van der Waals surface area contributed by atoms with Gasteiger partial charge in [0.1, 0.15) is 17.1 Å². The van der Waals surface area contributed by atoms with Crippen molar-refractivity contribution in [2.24, 2.45) is 10.2 Å². The SMILES string of the molecule is Cc1ccc(O)c(N=Nc2cc3[nH]c(=O)[nH]c3cc2Cl)c1. The molecule has 3 aromatic rings. The van der Waals surface area contributed by atoms with E-state index in [0.29, 0.717) is 27.4 Å². The standard InChI is InChI=1S/C14H11ClN4O2/c1-7-2-3-13(20)12(4-7)19-18-9-6-11-10(5-8(9)15)16-14(21)17-11/h2-6,20H,1H3,(H2,16,17,21). The largest absolute Gasteiger partial charge is 0.506 e. The average Bonchev–Trinajstić information content (AvgIpc) is 2.78. The first kappa shape index (κ1) is 13.4. The second kappa shape index (κ2) is 5.06. The third-order valence-electron chi connectivity index (χ3n) is 2.98. The Hall–Kier alpha value is -2.60. The summed E-state index contributed by atoms with van der Waals surface area (Å²) in [5, 5.41) is 18.1. The van der Waals surface area contributed by atoms with Gasteiger partial charge in [0.2, 0.25) is 0 Å². The molecule has 0 saturated heterocycles. The van der Waals surface area contributed by atoms with Gasteiger partial charge in [-0.15, -0.1) is 10.2 Å². The number of fused-ring (bicyclic) bond motifs is 1. The number of phenols is 1. The third-order valence-corrected chi connectivity index (χ3v) is 3.28. The summed E-state index contributed by atoms with van der Waals surface area (Å²) in [7, 11) is 0. The minimum absolute atomic E-state index is 0.0385. The quantitative estimate of drug-likeness (QED) is 0.625. The van der Waals surface area contributed by atoms with Gasteiger partial charge in [-0.2, -0.15) is 0 Å². The van der Waals surface area contributed by atoms with Gasteiger partial charge in [0.25, 0.3) is 0 Å². The Morgan fingerprint density at radius 2 is 1.71 bits per heavy atom. The van der Waals surface area contributed by atoms with Crippen LogP contribution in [0.2, 0.25) is 5.02 Å². The number of benzene rings is 2. The molecule has 0 aliphatic carbocycles. The summed E-state index contributed by atoms with van der Waals surface area (Å²) in [5.74, 6) is 0.0385. The number of phenolic OH excluding ortho intramolecular Hbond substituents is 1. The topological polar surface area (TPSA) is 93.6 Å². The van der Waals surface area contributed by atoms with E-state index in [2.05, 4.69) is 20.2 Å². The van der Waals surface area contributed by atoms with Crippen LogP contribution in [0.3, 0.4) is 0 Å². The van der Waals surface area contributed by atoms with Crippen LogP contribution in [0.1, 0.15) is 5.56 Å². The first-order chi connectivity index (χ1) is 10.0. The van der Waals surface area contributed by atoms with Gasteiger partial charge >= 0.3 is 5.69 Å². The monoisotopic (exact) mass is 302 g/mol. The molecule has 6 nitrogen and oxygen atoms in total. The Kier molecular flexibility index (Phi) is 3.23. The van der Waals surface area contributed by atoms with Gasteiger partial charge in [0.15, 0.2) is 0 Å². The molecule has 0 aliphatic heterocycles. The van der Waals surface area contributed by atoms with E-state index < -0.39 is 0 Å². The van der Waals surface area contributed by atoms with E-state index in [9.17, 15) is 9.90 Å². The molecule has 0 bridgehead atoms. The summed E-state index contributed by atoms with van der Waals surface area (Å²) in [4.78, 5) is 16.5. The molecule has 0 fully saturated rings. The van der Waals surface area contributed by atoms with Crippen LogP contribution in [-0.4, -0.2) is 15.1 Å². The van der Waals surface area contributed by atoms with Gasteiger partial charge in [0.05, 0.1) is 16.1 Å². The number of aromatic nitrogens is 2. The van der Waals surface area contributed by atoms with Crippen molar-refractivity contribution in [3.8, 4) is 5.75 Å². The van der Waals surface area contributed by atoms with Crippen LogP contribution >= 0.6 is 11.6 Å². The number of rotatable bonds is 2. The van der Waals surface area contributed by atoms with E-state index in [1.54, 1.807) is 30.3 Å². The fraction of sp³-hybridized carbons (Fsp3) is 0.0714. The normalized spacial score (nSPS) is 11.5. The molecule has 0 aliphatic rings. The molecule has 1 heterocycles. The number of aromatic hydroxyl groups is 1. The van der Waals surface area contributed by atoms with E-state index in [-0.39, 0.29) is 11.4 Å². The Balaban J connectivity index is 2.04. The highest BCUT2D eigenvalue weighted by Crippen LogP contribution is 2.32. The fourth-order valence-corrected chi connectivity index (χ4v) is 2.14. The van der Waals surface area contributed by atoms with Crippen molar-refractivity contribution >= 4 is 34.0 Å². The first-order valence-corrected chi connectivity index (χ1v) is 6.53. The second-order valence-electron chi connectivity index (χ2n) is 4.62. The van der Waals surface area contributed by atoms with E-state index in [0.717, 1.165) is 5.56 Å². The van der Waals surface area contributed by atoms with Gasteiger partial charge < -0.3 is 15.1 Å². The molecule has 0 amide bonds. The van der Waals surface area contributed by atoms with Gasteiger partial charge in [-0.1, -0.05) is 17.7 Å². The lowest BCUT2D eigenvalue weighted by Crippen LogP contribution is -1.99. The number of azo groups is 1.